The molecule has 3 aliphatic heterocycles. The van der Waals surface area contributed by atoms with Crippen LogP contribution in [0, 0.1) is 11.2 Å². The van der Waals surface area contributed by atoms with Gasteiger partial charge >= 0.3 is 0 Å². The summed E-state index contributed by atoms with van der Waals surface area (Å²) in [6.07, 6.45) is 7.94. The molecule has 1 atom stereocenters. The summed E-state index contributed by atoms with van der Waals surface area (Å²) in [5, 5.41) is 4.33. The van der Waals surface area contributed by atoms with E-state index in [0.717, 1.165) is 70.3 Å². The van der Waals surface area contributed by atoms with Crippen LogP contribution in [0.5, 0.6) is 0 Å². The fraction of sp³-hybridized carbons (Fsp3) is 0.609. The Morgan fingerprint density at radius 1 is 1.19 bits per heavy atom. The zero-order valence-corrected chi connectivity index (χ0v) is 19.6. The molecule has 7 nitrogen and oxygen atoms in total. The number of nitrogens with zero attached hydrogens (tertiary/aromatic N) is 5. The molecular weight excluding hydrogens is 427 g/mol. The van der Waals surface area contributed by atoms with E-state index in [4.69, 9.17) is 4.98 Å². The van der Waals surface area contributed by atoms with Gasteiger partial charge in [-0.1, -0.05) is 11.9 Å². The van der Waals surface area contributed by atoms with E-state index < -0.39 is 0 Å². The Morgan fingerprint density at radius 3 is 2.69 bits per heavy atom. The molecule has 32 heavy (non-hydrogen) atoms. The van der Waals surface area contributed by atoms with E-state index in [0.29, 0.717) is 23.2 Å². The van der Waals surface area contributed by atoms with Crippen LogP contribution in [0.4, 0.5) is 16.0 Å². The molecule has 0 saturated carbocycles. The molecule has 4 heterocycles. The summed E-state index contributed by atoms with van der Waals surface area (Å²) in [5.74, 6) is 0.460. The summed E-state index contributed by atoms with van der Waals surface area (Å²) < 4.78 is 17.5. The van der Waals surface area contributed by atoms with Gasteiger partial charge in [0.25, 0.3) is 0 Å². The topological polar surface area (TPSA) is 64.6 Å². The summed E-state index contributed by atoms with van der Waals surface area (Å²) in [6, 6.07) is 3.61. The molecule has 3 aliphatic rings. The lowest BCUT2D eigenvalue weighted by atomic mass is 9.86. The number of hydrogen-bond acceptors (Lipinski definition) is 7. The quantitative estimate of drug-likeness (QED) is 0.705. The van der Waals surface area contributed by atoms with Crippen molar-refractivity contribution in [1.29, 1.82) is 0 Å². The van der Waals surface area contributed by atoms with Crippen LogP contribution < -0.4 is 10.2 Å². The van der Waals surface area contributed by atoms with Crippen molar-refractivity contribution in [3.8, 4) is 0 Å². The van der Waals surface area contributed by atoms with Gasteiger partial charge in [-0.05, 0) is 44.1 Å². The molecule has 1 unspecified atom stereocenters. The molecule has 172 valence electrons. The molecule has 9 heteroatoms. The van der Waals surface area contributed by atoms with Gasteiger partial charge in [0.05, 0.1) is 5.69 Å². The number of amides is 1. The number of rotatable bonds is 4. The smallest absolute Gasteiger partial charge is 0.223 e. The van der Waals surface area contributed by atoms with Crippen LogP contribution in [0.15, 0.2) is 18.3 Å². The van der Waals surface area contributed by atoms with Crippen LogP contribution in [0.3, 0.4) is 0 Å². The van der Waals surface area contributed by atoms with Crippen molar-refractivity contribution in [1.82, 2.24) is 19.2 Å². The minimum Gasteiger partial charge on any atom is -0.367 e. The Hall–Kier alpha value is -2.13. The van der Waals surface area contributed by atoms with E-state index >= 15 is 4.39 Å². The third-order valence-electron chi connectivity index (χ3n) is 7.36. The van der Waals surface area contributed by atoms with Crippen LogP contribution in [-0.2, 0) is 4.79 Å². The first-order chi connectivity index (χ1) is 15.5. The first-order valence-electron chi connectivity index (χ1n) is 11.5. The molecule has 1 aromatic heterocycles. The molecule has 0 radical (unpaired) electrons. The Balaban J connectivity index is 1.38. The minimum absolute atomic E-state index is 0.0552. The highest BCUT2D eigenvalue weighted by molar-refractivity contribution is 7.96. The number of likely N-dealkylation sites (tertiary alicyclic amines) is 1. The molecule has 0 bridgehead atoms. The molecule has 1 spiro atoms. The van der Waals surface area contributed by atoms with Crippen molar-refractivity contribution in [3.63, 3.8) is 0 Å². The van der Waals surface area contributed by atoms with Crippen molar-refractivity contribution in [2.45, 2.75) is 38.6 Å². The molecule has 5 rings (SSSR count). The molecule has 1 aromatic carbocycles. The minimum atomic E-state index is -0.242. The predicted molar refractivity (Wildman–Crippen MR) is 127 cm³/mol. The van der Waals surface area contributed by atoms with Crippen LogP contribution in [-0.4, -0.2) is 76.6 Å². The number of benzene rings is 1. The fourth-order valence-electron chi connectivity index (χ4n) is 5.46. The van der Waals surface area contributed by atoms with E-state index in [9.17, 15) is 4.79 Å². The summed E-state index contributed by atoms with van der Waals surface area (Å²) in [5.41, 5.74) is 1.30. The monoisotopic (exact) mass is 458 g/mol. The number of halogens is 1. The number of hydrogen-bond donors (Lipinski definition) is 1. The number of carbonyl (C=O) groups is 1. The number of aromatic nitrogens is 2. The van der Waals surface area contributed by atoms with E-state index in [1.807, 2.05) is 4.90 Å². The fourth-order valence-corrected chi connectivity index (χ4v) is 6.03. The lowest BCUT2D eigenvalue weighted by molar-refractivity contribution is -0.128. The maximum Gasteiger partial charge on any atom is 0.223 e. The number of piperidine rings is 1. The lowest BCUT2D eigenvalue weighted by Crippen LogP contribution is -2.35. The summed E-state index contributed by atoms with van der Waals surface area (Å²) in [4.78, 5) is 25.2. The SMILES string of the molecule is CSN1CCC(Nc2ncc3ccc(F)c(N4CCC5(CCN(C(C)=O)C5)C4)c3n2)CC1. The van der Waals surface area contributed by atoms with E-state index in [2.05, 4.69) is 25.8 Å². The molecule has 1 amide bonds. The zero-order valence-electron chi connectivity index (χ0n) is 18.8. The second-order valence-corrected chi connectivity index (χ2v) is 10.3. The molecule has 0 aliphatic carbocycles. The normalized spacial score (nSPS) is 24.7. The highest BCUT2D eigenvalue weighted by Gasteiger charge is 2.45. The highest BCUT2D eigenvalue weighted by atomic mass is 32.2. The molecule has 3 fully saturated rings. The van der Waals surface area contributed by atoms with Crippen LogP contribution in [0.2, 0.25) is 0 Å². The van der Waals surface area contributed by atoms with Crippen molar-refractivity contribution in [2.75, 3.05) is 55.7 Å². The molecular formula is C23H31FN6OS. The van der Waals surface area contributed by atoms with Crippen LogP contribution >= 0.6 is 11.9 Å². The number of fused-ring (bicyclic) bond motifs is 1. The standard InChI is InChI=1S/C23H31FN6OS/c1-16(31)28-11-7-23(14-28)8-12-29(15-23)21-19(24)4-3-17-13-25-22(27-20(17)21)26-18-5-9-30(32-2)10-6-18/h3-4,13,18H,5-12,14-15H2,1-2H3,(H,25,26,27). The van der Waals surface area contributed by atoms with Crippen molar-refractivity contribution in [3.05, 3.63) is 24.1 Å². The first-order valence-corrected chi connectivity index (χ1v) is 12.7. The van der Waals surface area contributed by atoms with E-state index in [-0.39, 0.29) is 17.1 Å². The maximum atomic E-state index is 15.1. The Morgan fingerprint density at radius 2 is 1.97 bits per heavy atom. The Bertz CT molecular complexity index is 1010. The van der Waals surface area contributed by atoms with Gasteiger partial charge in [-0.25, -0.2) is 14.4 Å². The number of anilines is 2. The second-order valence-electron chi connectivity index (χ2n) is 9.42. The molecule has 2 aromatic rings. The Kier molecular flexibility index (Phi) is 5.88. The van der Waals surface area contributed by atoms with Gasteiger partial charge in [-0.3, -0.25) is 9.10 Å². The maximum absolute atomic E-state index is 15.1. The third-order valence-corrected chi connectivity index (χ3v) is 8.24. The van der Waals surface area contributed by atoms with E-state index in [1.54, 1.807) is 31.1 Å². The largest absolute Gasteiger partial charge is 0.367 e. The van der Waals surface area contributed by atoms with Crippen molar-refractivity contribution in [2.24, 2.45) is 5.41 Å². The van der Waals surface area contributed by atoms with Crippen LogP contribution in [0.1, 0.15) is 32.6 Å². The average Bonchev–Trinajstić information content (AvgIpc) is 3.41. The van der Waals surface area contributed by atoms with Gasteiger partial charge in [0.2, 0.25) is 11.9 Å². The number of carbonyl (C=O) groups excluding carboxylic acids is 1. The van der Waals surface area contributed by atoms with Gasteiger partial charge in [0.15, 0.2) is 0 Å². The highest BCUT2D eigenvalue weighted by Crippen LogP contribution is 2.43. The zero-order chi connectivity index (χ0) is 22.3. The summed E-state index contributed by atoms with van der Waals surface area (Å²) in [6.45, 7) is 6.81. The van der Waals surface area contributed by atoms with Crippen LogP contribution in [0.25, 0.3) is 10.9 Å². The first kappa shape index (κ1) is 21.7. The molecule has 3 saturated heterocycles. The van der Waals surface area contributed by atoms with Gasteiger partial charge in [0.1, 0.15) is 11.3 Å². The van der Waals surface area contributed by atoms with Gasteiger partial charge in [0, 0.05) is 69.2 Å². The summed E-state index contributed by atoms with van der Waals surface area (Å²) >= 11 is 1.79. The lowest BCUT2D eigenvalue weighted by Gasteiger charge is -2.30. The second kappa shape index (κ2) is 8.67. The predicted octanol–water partition coefficient (Wildman–Crippen LogP) is 3.37. The number of nitrogens with one attached hydrogen (secondary N) is 1. The third kappa shape index (κ3) is 4.12. The average molecular weight is 459 g/mol. The van der Waals surface area contributed by atoms with Gasteiger partial charge < -0.3 is 15.1 Å². The van der Waals surface area contributed by atoms with E-state index in [1.165, 1.54) is 6.07 Å². The van der Waals surface area contributed by atoms with Gasteiger partial charge in [-0.15, -0.1) is 0 Å². The van der Waals surface area contributed by atoms with Crippen molar-refractivity contribution < 1.29 is 9.18 Å². The van der Waals surface area contributed by atoms with Crippen molar-refractivity contribution >= 4 is 40.4 Å². The van der Waals surface area contributed by atoms with Gasteiger partial charge in [-0.2, -0.15) is 0 Å². The molecule has 1 N–H and O–H groups in total. The summed E-state index contributed by atoms with van der Waals surface area (Å²) in [7, 11) is 0. The Labute approximate surface area is 192 Å².